The molecule has 2 aromatic rings. The predicted octanol–water partition coefficient (Wildman–Crippen LogP) is 2.71. The van der Waals surface area contributed by atoms with E-state index >= 15 is 0 Å². The van der Waals surface area contributed by atoms with Crippen LogP contribution in [0.4, 0.5) is 5.69 Å². The van der Waals surface area contributed by atoms with E-state index < -0.39 is 10.0 Å². The highest BCUT2D eigenvalue weighted by molar-refractivity contribution is 7.89. The molecular formula is C16H20N2O2S. The summed E-state index contributed by atoms with van der Waals surface area (Å²) in [4.78, 5) is 0.195. The second-order valence-corrected chi connectivity index (χ2v) is 7.23. The zero-order valence-electron chi connectivity index (χ0n) is 12.5. The van der Waals surface area contributed by atoms with Crippen LogP contribution in [0.25, 0.3) is 0 Å². The van der Waals surface area contributed by atoms with Crippen LogP contribution in [0, 0.1) is 13.8 Å². The van der Waals surface area contributed by atoms with Gasteiger partial charge in [0.1, 0.15) is 4.90 Å². The molecular weight excluding hydrogens is 284 g/mol. The van der Waals surface area contributed by atoms with Gasteiger partial charge in [0.25, 0.3) is 0 Å². The van der Waals surface area contributed by atoms with E-state index in [1.807, 2.05) is 31.2 Å². The van der Waals surface area contributed by atoms with Crippen LogP contribution in [0.1, 0.15) is 16.7 Å². The lowest BCUT2D eigenvalue weighted by Crippen LogP contribution is -2.27. The van der Waals surface area contributed by atoms with Crippen molar-refractivity contribution in [3.63, 3.8) is 0 Å². The van der Waals surface area contributed by atoms with E-state index in [4.69, 9.17) is 5.73 Å². The molecule has 0 amide bonds. The number of anilines is 1. The normalized spacial score (nSPS) is 11.8. The summed E-state index contributed by atoms with van der Waals surface area (Å²) in [5, 5.41) is 0. The molecule has 21 heavy (non-hydrogen) atoms. The van der Waals surface area contributed by atoms with Crippen molar-refractivity contribution in [1.82, 2.24) is 4.31 Å². The Labute approximate surface area is 126 Å². The number of nitrogen functional groups attached to an aromatic ring is 1. The number of hydrogen-bond donors (Lipinski definition) is 1. The standard InChI is InChI=1S/C16H20N2O2S/c1-12-6-4-8-14(10-12)11-18(3)21(19,20)16-13(2)7-5-9-15(16)17/h4-10H,11,17H2,1-3H3. The zero-order chi connectivity index (χ0) is 15.6. The highest BCUT2D eigenvalue weighted by Crippen LogP contribution is 2.26. The molecule has 5 heteroatoms. The molecule has 0 aliphatic carbocycles. The second-order valence-electron chi connectivity index (χ2n) is 5.24. The molecule has 0 saturated carbocycles. The molecule has 0 aliphatic rings. The van der Waals surface area contributed by atoms with Crippen LogP contribution in [-0.2, 0) is 16.6 Å². The maximum Gasteiger partial charge on any atom is 0.245 e. The molecule has 0 radical (unpaired) electrons. The SMILES string of the molecule is Cc1cccc(CN(C)S(=O)(=O)c2c(C)cccc2N)c1. The fourth-order valence-electron chi connectivity index (χ4n) is 2.34. The quantitative estimate of drug-likeness (QED) is 0.883. The van der Waals surface area contributed by atoms with Crippen molar-refractivity contribution in [3.05, 3.63) is 59.2 Å². The van der Waals surface area contributed by atoms with Crippen molar-refractivity contribution in [2.24, 2.45) is 0 Å². The van der Waals surface area contributed by atoms with Crippen LogP contribution in [0.3, 0.4) is 0 Å². The molecule has 112 valence electrons. The van der Waals surface area contributed by atoms with Crippen molar-refractivity contribution in [2.75, 3.05) is 12.8 Å². The van der Waals surface area contributed by atoms with Gasteiger partial charge >= 0.3 is 0 Å². The number of nitrogens with zero attached hydrogens (tertiary/aromatic N) is 1. The second kappa shape index (κ2) is 5.87. The molecule has 2 aromatic carbocycles. The first-order valence-corrected chi connectivity index (χ1v) is 8.13. The van der Waals surface area contributed by atoms with E-state index in [1.165, 1.54) is 4.31 Å². The Kier molecular flexibility index (Phi) is 4.34. The van der Waals surface area contributed by atoms with E-state index in [-0.39, 0.29) is 10.6 Å². The fraction of sp³-hybridized carbons (Fsp3) is 0.250. The van der Waals surface area contributed by atoms with Crippen molar-refractivity contribution in [3.8, 4) is 0 Å². The monoisotopic (exact) mass is 304 g/mol. The molecule has 0 fully saturated rings. The van der Waals surface area contributed by atoms with Gasteiger partial charge in [-0.2, -0.15) is 4.31 Å². The minimum atomic E-state index is -3.60. The Morgan fingerprint density at radius 3 is 2.38 bits per heavy atom. The van der Waals surface area contributed by atoms with Gasteiger partial charge in [-0.25, -0.2) is 8.42 Å². The lowest BCUT2D eigenvalue weighted by molar-refractivity contribution is 0.466. The van der Waals surface area contributed by atoms with Gasteiger partial charge in [-0.05, 0) is 31.0 Å². The fourth-order valence-corrected chi connectivity index (χ4v) is 3.81. The van der Waals surface area contributed by atoms with E-state index in [2.05, 4.69) is 0 Å². The molecule has 2 N–H and O–H groups in total. The Morgan fingerprint density at radius 1 is 1.10 bits per heavy atom. The highest BCUT2D eigenvalue weighted by atomic mass is 32.2. The molecule has 0 aromatic heterocycles. The van der Waals surface area contributed by atoms with Gasteiger partial charge in [0, 0.05) is 13.6 Å². The Bertz CT molecular complexity index is 734. The topological polar surface area (TPSA) is 63.4 Å². The molecule has 0 bridgehead atoms. The summed E-state index contributed by atoms with van der Waals surface area (Å²) in [5.41, 5.74) is 8.86. The predicted molar refractivity (Wildman–Crippen MR) is 85.4 cm³/mol. The maximum absolute atomic E-state index is 12.7. The van der Waals surface area contributed by atoms with Gasteiger partial charge in [-0.1, -0.05) is 42.0 Å². The first kappa shape index (κ1) is 15.5. The van der Waals surface area contributed by atoms with Crippen LogP contribution < -0.4 is 5.73 Å². The van der Waals surface area contributed by atoms with Crippen LogP contribution >= 0.6 is 0 Å². The lowest BCUT2D eigenvalue weighted by Gasteiger charge is -2.20. The van der Waals surface area contributed by atoms with Crippen LogP contribution in [0.2, 0.25) is 0 Å². The third kappa shape index (κ3) is 3.25. The summed E-state index contributed by atoms with van der Waals surface area (Å²) >= 11 is 0. The van der Waals surface area contributed by atoms with Crippen molar-refractivity contribution in [1.29, 1.82) is 0 Å². The van der Waals surface area contributed by atoms with Crippen LogP contribution in [0.15, 0.2) is 47.4 Å². The van der Waals surface area contributed by atoms with Gasteiger partial charge in [-0.3, -0.25) is 0 Å². The van der Waals surface area contributed by atoms with Crippen LogP contribution in [-0.4, -0.2) is 19.8 Å². The van der Waals surface area contributed by atoms with Gasteiger partial charge in [-0.15, -0.1) is 0 Å². The minimum Gasteiger partial charge on any atom is -0.398 e. The largest absolute Gasteiger partial charge is 0.398 e. The Morgan fingerprint density at radius 2 is 1.76 bits per heavy atom. The summed E-state index contributed by atoms with van der Waals surface area (Å²) in [6, 6.07) is 12.9. The Balaban J connectivity index is 2.35. The lowest BCUT2D eigenvalue weighted by atomic mass is 10.1. The number of nitrogens with two attached hydrogens (primary N) is 1. The first-order valence-electron chi connectivity index (χ1n) is 6.69. The number of rotatable bonds is 4. The van der Waals surface area contributed by atoms with Gasteiger partial charge in [0.05, 0.1) is 5.69 Å². The molecule has 2 rings (SSSR count). The van der Waals surface area contributed by atoms with Gasteiger partial charge in [0.2, 0.25) is 10.0 Å². The van der Waals surface area contributed by atoms with Gasteiger partial charge < -0.3 is 5.73 Å². The minimum absolute atomic E-state index is 0.195. The summed E-state index contributed by atoms with van der Waals surface area (Å²) in [7, 11) is -2.03. The van der Waals surface area contributed by atoms with E-state index in [1.54, 1.807) is 32.2 Å². The van der Waals surface area contributed by atoms with Crippen molar-refractivity contribution >= 4 is 15.7 Å². The van der Waals surface area contributed by atoms with Crippen LogP contribution in [0.5, 0.6) is 0 Å². The molecule has 4 nitrogen and oxygen atoms in total. The summed E-state index contributed by atoms with van der Waals surface area (Å²) < 4.78 is 26.8. The zero-order valence-corrected chi connectivity index (χ0v) is 13.3. The third-order valence-corrected chi connectivity index (χ3v) is 5.42. The molecule has 0 aliphatic heterocycles. The summed E-state index contributed by atoms with van der Waals surface area (Å²) in [5.74, 6) is 0. The average Bonchev–Trinajstić information content (AvgIpc) is 2.38. The van der Waals surface area contributed by atoms with E-state index in [0.717, 1.165) is 11.1 Å². The molecule has 0 saturated heterocycles. The van der Waals surface area contributed by atoms with E-state index in [9.17, 15) is 8.42 Å². The maximum atomic E-state index is 12.7. The molecule has 0 unspecified atom stereocenters. The Hall–Kier alpha value is -1.85. The number of hydrogen-bond acceptors (Lipinski definition) is 3. The summed E-state index contributed by atoms with van der Waals surface area (Å²) in [6.07, 6.45) is 0. The molecule has 0 heterocycles. The van der Waals surface area contributed by atoms with Crippen molar-refractivity contribution < 1.29 is 8.42 Å². The number of sulfonamides is 1. The van der Waals surface area contributed by atoms with Gasteiger partial charge in [0.15, 0.2) is 0 Å². The summed E-state index contributed by atoms with van der Waals surface area (Å²) in [6.45, 7) is 4.05. The number of aryl methyl sites for hydroxylation is 2. The van der Waals surface area contributed by atoms with Crippen molar-refractivity contribution in [2.45, 2.75) is 25.3 Å². The third-order valence-electron chi connectivity index (χ3n) is 3.40. The van der Waals surface area contributed by atoms with E-state index in [0.29, 0.717) is 12.1 Å². The molecule has 0 atom stereocenters. The smallest absolute Gasteiger partial charge is 0.245 e. The molecule has 0 spiro atoms. The first-order chi connectivity index (χ1) is 9.82. The highest BCUT2D eigenvalue weighted by Gasteiger charge is 2.25. The number of benzene rings is 2. The average molecular weight is 304 g/mol.